The highest BCUT2D eigenvalue weighted by atomic mass is 16.5. The Labute approximate surface area is 185 Å². The zero-order chi connectivity index (χ0) is 22.3. The lowest BCUT2D eigenvalue weighted by atomic mass is 10.2. The summed E-state index contributed by atoms with van der Waals surface area (Å²) in [4.78, 5) is 16.8. The van der Waals surface area contributed by atoms with Gasteiger partial charge >= 0.3 is 0 Å². The second-order valence-electron chi connectivity index (χ2n) is 7.11. The average Bonchev–Trinajstić information content (AvgIpc) is 3.26. The molecule has 0 spiro atoms. The number of aromatic nitrogens is 1. The van der Waals surface area contributed by atoms with E-state index in [1.807, 2.05) is 60.7 Å². The van der Waals surface area contributed by atoms with Crippen LogP contribution in [0.4, 0.5) is 5.69 Å². The van der Waals surface area contributed by atoms with Gasteiger partial charge in [0.25, 0.3) is 0 Å². The second-order valence-corrected chi connectivity index (χ2v) is 7.11. The van der Waals surface area contributed by atoms with Gasteiger partial charge in [0, 0.05) is 23.7 Å². The van der Waals surface area contributed by atoms with Crippen molar-refractivity contribution in [2.45, 2.75) is 12.8 Å². The van der Waals surface area contributed by atoms with Crippen molar-refractivity contribution in [3.05, 3.63) is 66.7 Å². The quantitative estimate of drug-likeness (QED) is 0.361. The van der Waals surface area contributed by atoms with Gasteiger partial charge in [-0.3, -0.25) is 4.79 Å². The van der Waals surface area contributed by atoms with E-state index in [0.29, 0.717) is 36.6 Å². The van der Waals surface area contributed by atoms with E-state index >= 15 is 0 Å². The van der Waals surface area contributed by atoms with Gasteiger partial charge in [-0.2, -0.15) is 0 Å². The van der Waals surface area contributed by atoms with E-state index in [1.165, 1.54) is 0 Å². The molecule has 0 bridgehead atoms. The van der Waals surface area contributed by atoms with E-state index in [2.05, 4.69) is 10.3 Å². The van der Waals surface area contributed by atoms with E-state index in [4.69, 9.17) is 18.6 Å². The number of nitrogens with one attached hydrogen (secondary N) is 1. The van der Waals surface area contributed by atoms with Gasteiger partial charge < -0.3 is 23.9 Å². The van der Waals surface area contributed by atoms with Gasteiger partial charge in [0.15, 0.2) is 5.58 Å². The van der Waals surface area contributed by atoms with E-state index in [-0.39, 0.29) is 5.91 Å². The number of amides is 1. The van der Waals surface area contributed by atoms with Crippen LogP contribution in [0, 0.1) is 0 Å². The van der Waals surface area contributed by atoms with Crippen molar-refractivity contribution in [2.24, 2.45) is 0 Å². The molecule has 0 saturated heterocycles. The second kappa shape index (κ2) is 9.87. The van der Waals surface area contributed by atoms with Gasteiger partial charge in [0.1, 0.15) is 22.8 Å². The number of carbonyl (C=O) groups is 1. The topological polar surface area (TPSA) is 82.8 Å². The van der Waals surface area contributed by atoms with E-state index in [9.17, 15) is 4.79 Å². The SMILES string of the molecule is COc1ccc(OCCCC(=O)Nc2ccc3nc(-c4ccc(OC)cc4)oc3c2)cc1. The van der Waals surface area contributed by atoms with E-state index in [1.54, 1.807) is 20.3 Å². The summed E-state index contributed by atoms with van der Waals surface area (Å²) in [5.74, 6) is 2.72. The van der Waals surface area contributed by atoms with Crippen molar-refractivity contribution in [1.29, 1.82) is 0 Å². The van der Waals surface area contributed by atoms with Gasteiger partial charge in [-0.05, 0) is 67.1 Å². The van der Waals surface area contributed by atoms with E-state index < -0.39 is 0 Å². The van der Waals surface area contributed by atoms with Gasteiger partial charge in [0.2, 0.25) is 11.8 Å². The average molecular weight is 432 g/mol. The minimum atomic E-state index is -0.0856. The molecule has 32 heavy (non-hydrogen) atoms. The van der Waals surface area contributed by atoms with Crippen LogP contribution in [0.25, 0.3) is 22.6 Å². The standard InChI is InChI=1S/C25H24N2O5/c1-29-19-8-5-17(6-9-19)25-27-22-14-7-18(16-23(22)32-25)26-24(28)4-3-15-31-21-12-10-20(30-2)11-13-21/h5-14,16H,3-4,15H2,1-2H3,(H,26,28). The third-order valence-corrected chi connectivity index (χ3v) is 4.89. The number of ether oxygens (including phenoxy) is 3. The van der Waals surface area contributed by atoms with Crippen LogP contribution < -0.4 is 19.5 Å². The minimum absolute atomic E-state index is 0.0856. The molecule has 1 aromatic heterocycles. The molecule has 1 heterocycles. The molecule has 0 radical (unpaired) electrons. The van der Waals surface area contributed by atoms with Gasteiger partial charge in [0.05, 0.1) is 20.8 Å². The highest BCUT2D eigenvalue weighted by Crippen LogP contribution is 2.27. The summed E-state index contributed by atoms with van der Waals surface area (Å²) in [5.41, 5.74) is 2.85. The lowest BCUT2D eigenvalue weighted by molar-refractivity contribution is -0.116. The van der Waals surface area contributed by atoms with Crippen LogP contribution in [0.2, 0.25) is 0 Å². The molecular weight excluding hydrogens is 408 g/mol. The number of hydrogen-bond donors (Lipinski definition) is 1. The molecule has 7 heteroatoms. The number of carbonyl (C=O) groups excluding carboxylic acids is 1. The number of nitrogens with zero attached hydrogens (tertiary/aromatic N) is 1. The Morgan fingerprint density at radius 3 is 2.25 bits per heavy atom. The smallest absolute Gasteiger partial charge is 0.227 e. The van der Waals surface area contributed by atoms with Gasteiger partial charge in [-0.15, -0.1) is 0 Å². The van der Waals surface area contributed by atoms with Crippen molar-refractivity contribution in [1.82, 2.24) is 4.98 Å². The molecule has 4 rings (SSSR count). The third kappa shape index (κ3) is 5.18. The van der Waals surface area contributed by atoms with Gasteiger partial charge in [-0.25, -0.2) is 4.98 Å². The van der Waals surface area contributed by atoms with Crippen LogP contribution in [0.3, 0.4) is 0 Å². The molecule has 1 amide bonds. The number of oxazole rings is 1. The van der Waals surface area contributed by atoms with Crippen LogP contribution in [-0.2, 0) is 4.79 Å². The largest absolute Gasteiger partial charge is 0.497 e. The normalized spacial score (nSPS) is 10.7. The molecule has 0 atom stereocenters. The van der Waals surface area contributed by atoms with Crippen molar-refractivity contribution < 1.29 is 23.4 Å². The van der Waals surface area contributed by atoms with Crippen molar-refractivity contribution in [3.8, 4) is 28.7 Å². The van der Waals surface area contributed by atoms with Crippen molar-refractivity contribution >= 4 is 22.7 Å². The number of benzene rings is 3. The molecule has 3 aromatic carbocycles. The molecule has 0 aliphatic heterocycles. The molecule has 0 unspecified atom stereocenters. The molecule has 4 aromatic rings. The summed E-state index contributed by atoms with van der Waals surface area (Å²) >= 11 is 0. The van der Waals surface area contributed by atoms with Crippen LogP contribution in [0.5, 0.6) is 17.2 Å². The Morgan fingerprint density at radius 2 is 1.56 bits per heavy atom. The van der Waals surface area contributed by atoms with Crippen LogP contribution in [-0.4, -0.2) is 31.7 Å². The predicted octanol–water partition coefficient (Wildman–Crippen LogP) is 5.31. The monoisotopic (exact) mass is 432 g/mol. The summed E-state index contributed by atoms with van der Waals surface area (Å²) in [5, 5.41) is 2.90. The number of anilines is 1. The lowest BCUT2D eigenvalue weighted by Gasteiger charge is -2.07. The first-order valence-corrected chi connectivity index (χ1v) is 10.3. The van der Waals surface area contributed by atoms with Crippen LogP contribution in [0.1, 0.15) is 12.8 Å². The Bertz CT molecular complexity index is 1180. The maximum absolute atomic E-state index is 12.3. The summed E-state index contributed by atoms with van der Waals surface area (Å²) in [7, 11) is 3.24. The molecule has 0 aliphatic rings. The first kappa shape index (κ1) is 21.2. The maximum Gasteiger partial charge on any atom is 0.227 e. The zero-order valence-electron chi connectivity index (χ0n) is 18.0. The molecular formula is C25H24N2O5. The Balaban J connectivity index is 1.30. The highest BCUT2D eigenvalue weighted by Gasteiger charge is 2.10. The molecule has 7 nitrogen and oxygen atoms in total. The molecule has 0 saturated carbocycles. The van der Waals surface area contributed by atoms with Crippen LogP contribution in [0.15, 0.2) is 71.1 Å². The first-order chi connectivity index (χ1) is 15.6. The lowest BCUT2D eigenvalue weighted by Crippen LogP contribution is -2.12. The summed E-state index contributed by atoms with van der Waals surface area (Å²) in [6, 6.07) is 20.3. The summed E-state index contributed by atoms with van der Waals surface area (Å²) in [6.45, 7) is 0.451. The zero-order valence-corrected chi connectivity index (χ0v) is 18.0. The summed E-state index contributed by atoms with van der Waals surface area (Å²) in [6.07, 6.45) is 0.950. The molecule has 0 aliphatic carbocycles. The van der Waals surface area contributed by atoms with Gasteiger partial charge in [-0.1, -0.05) is 0 Å². The number of hydrogen-bond acceptors (Lipinski definition) is 6. The fraction of sp³-hybridized carbons (Fsp3) is 0.200. The number of methoxy groups -OCH3 is 2. The Hall–Kier alpha value is -4.00. The fourth-order valence-corrected chi connectivity index (χ4v) is 3.18. The minimum Gasteiger partial charge on any atom is -0.497 e. The Kier molecular flexibility index (Phi) is 6.55. The number of fused-ring (bicyclic) bond motifs is 1. The summed E-state index contributed by atoms with van der Waals surface area (Å²) < 4.78 is 21.8. The highest BCUT2D eigenvalue weighted by molar-refractivity contribution is 5.93. The molecule has 1 N–H and O–H groups in total. The Morgan fingerprint density at radius 1 is 0.906 bits per heavy atom. The maximum atomic E-state index is 12.3. The molecule has 164 valence electrons. The van der Waals surface area contributed by atoms with Crippen LogP contribution >= 0.6 is 0 Å². The predicted molar refractivity (Wildman–Crippen MR) is 122 cm³/mol. The van der Waals surface area contributed by atoms with E-state index in [0.717, 1.165) is 28.3 Å². The van der Waals surface area contributed by atoms with Crippen molar-refractivity contribution in [2.75, 3.05) is 26.1 Å². The first-order valence-electron chi connectivity index (χ1n) is 10.3. The fourth-order valence-electron chi connectivity index (χ4n) is 3.18. The third-order valence-electron chi connectivity index (χ3n) is 4.89. The van der Waals surface area contributed by atoms with Crippen molar-refractivity contribution in [3.63, 3.8) is 0 Å². The number of rotatable bonds is 9. The molecule has 0 fully saturated rings.